The molecule has 2 fully saturated rings. The van der Waals surface area contributed by atoms with Crippen LogP contribution in [0.3, 0.4) is 0 Å². The average Bonchev–Trinajstić information content (AvgIpc) is 3.09. The third kappa shape index (κ3) is 2.96. The van der Waals surface area contributed by atoms with E-state index in [1.54, 1.807) is 0 Å². The van der Waals surface area contributed by atoms with Crippen LogP contribution in [0.1, 0.15) is 24.3 Å². The smallest absolute Gasteiger partial charge is 0.236 e. The lowest BCUT2D eigenvalue weighted by Gasteiger charge is -2.16. The molecule has 2 aliphatic rings. The van der Waals surface area contributed by atoms with Crippen LogP contribution in [0.5, 0.6) is 0 Å². The Kier molecular flexibility index (Phi) is 3.53. The van der Waals surface area contributed by atoms with E-state index in [0.29, 0.717) is 25.0 Å². The zero-order chi connectivity index (χ0) is 13.2. The molecule has 1 saturated carbocycles. The first-order chi connectivity index (χ1) is 9.24. The van der Waals surface area contributed by atoms with Gasteiger partial charge < -0.3 is 16.0 Å². The molecule has 3 atom stereocenters. The summed E-state index contributed by atoms with van der Waals surface area (Å²) in [5, 5.41) is 3.36. The van der Waals surface area contributed by atoms with Crippen LogP contribution >= 0.6 is 0 Å². The van der Waals surface area contributed by atoms with Gasteiger partial charge in [0.1, 0.15) is 0 Å². The molecule has 19 heavy (non-hydrogen) atoms. The van der Waals surface area contributed by atoms with E-state index in [9.17, 15) is 4.79 Å². The highest BCUT2D eigenvalue weighted by Crippen LogP contribution is 2.40. The fourth-order valence-electron chi connectivity index (χ4n) is 2.83. The number of carbonyl (C=O) groups is 1. The molecular weight excluding hydrogens is 238 g/mol. The van der Waals surface area contributed by atoms with E-state index in [2.05, 4.69) is 29.6 Å². The molecule has 1 aromatic carbocycles. The molecule has 3 N–H and O–H groups in total. The molecule has 1 aliphatic carbocycles. The molecule has 1 aliphatic heterocycles. The maximum atomic E-state index is 12.0. The van der Waals surface area contributed by atoms with Gasteiger partial charge in [-0.25, -0.2) is 0 Å². The van der Waals surface area contributed by atoms with Gasteiger partial charge in [0.2, 0.25) is 5.91 Å². The van der Waals surface area contributed by atoms with Crippen LogP contribution in [0.25, 0.3) is 0 Å². The van der Waals surface area contributed by atoms with Gasteiger partial charge in [-0.05, 0) is 18.4 Å². The van der Waals surface area contributed by atoms with Crippen LogP contribution in [0.4, 0.5) is 0 Å². The molecule has 4 heteroatoms. The minimum atomic E-state index is 0.168. The number of nitrogens with one attached hydrogen (secondary N) is 1. The number of nitrogens with zero attached hydrogens (tertiary/aromatic N) is 1. The minimum Gasteiger partial charge on any atom is -0.340 e. The van der Waals surface area contributed by atoms with Crippen molar-refractivity contribution in [1.82, 2.24) is 10.2 Å². The fourth-order valence-corrected chi connectivity index (χ4v) is 2.83. The van der Waals surface area contributed by atoms with Crippen molar-refractivity contribution in [2.75, 3.05) is 19.6 Å². The zero-order valence-corrected chi connectivity index (χ0v) is 11.1. The van der Waals surface area contributed by atoms with E-state index in [1.165, 1.54) is 5.56 Å². The van der Waals surface area contributed by atoms with Gasteiger partial charge in [-0.3, -0.25) is 4.79 Å². The SMILES string of the molecule is N[C@H]1CCN(C(=O)CN[C@H]2CC2c2ccccc2)C1. The largest absolute Gasteiger partial charge is 0.340 e. The lowest BCUT2D eigenvalue weighted by atomic mass is 10.1. The highest BCUT2D eigenvalue weighted by Gasteiger charge is 2.38. The van der Waals surface area contributed by atoms with Crippen LogP contribution in [-0.4, -0.2) is 42.5 Å². The first-order valence-electron chi connectivity index (χ1n) is 7.05. The van der Waals surface area contributed by atoms with Gasteiger partial charge in [0.15, 0.2) is 0 Å². The Balaban J connectivity index is 1.43. The van der Waals surface area contributed by atoms with Crippen LogP contribution in [0.2, 0.25) is 0 Å². The number of amides is 1. The molecule has 0 bridgehead atoms. The third-order valence-corrected chi connectivity index (χ3v) is 4.11. The summed E-state index contributed by atoms with van der Waals surface area (Å²) in [6.07, 6.45) is 2.07. The number of hydrogen-bond donors (Lipinski definition) is 2. The first kappa shape index (κ1) is 12.6. The summed E-state index contributed by atoms with van der Waals surface area (Å²) in [5.41, 5.74) is 7.19. The number of likely N-dealkylation sites (tertiary alicyclic amines) is 1. The predicted molar refractivity (Wildman–Crippen MR) is 74.8 cm³/mol. The number of benzene rings is 1. The number of carbonyl (C=O) groups excluding carboxylic acids is 1. The highest BCUT2D eigenvalue weighted by molar-refractivity contribution is 5.78. The summed E-state index contributed by atoms with van der Waals surface area (Å²) in [6.45, 7) is 1.97. The Bertz CT molecular complexity index is 448. The van der Waals surface area contributed by atoms with Gasteiger partial charge in [0.25, 0.3) is 0 Å². The molecule has 1 heterocycles. The van der Waals surface area contributed by atoms with Gasteiger partial charge in [-0.2, -0.15) is 0 Å². The van der Waals surface area contributed by atoms with Gasteiger partial charge in [-0.15, -0.1) is 0 Å². The maximum Gasteiger partial charge on any atom is 0.236 e. The van der Waals surface area contributed by atoms with E-state index in [0.717, 1.165) is 19.4 Å². The summed E-state index contributed by atoms with van der Waals surface area (Å²) in [7, 11) is 0. The van der Waals surface area contributed by atoms with E-state index in [1.807, 2.05) is 11.0 Å². The maximum absolute atomic E-state index is 12.0. The number of nitrogens with two attached hydrogens (primary N) is 1. The average molecular weight is 259 g/mol. The lowest BCUT2D eigenvalue weighted by molar-refractivity contribution is -0.129. The van der Waals surface area contributed by atoms with E-state index in [-0.39, 0.29) is 11.9 Å². The van der Waals surface area contributed by atoms with E-state index in [4.69, 9.17) is 5.73 Å². The Labute approximate surface area is 114 Å². The van der Waals surface area contributed by atoms with Crippen LogP contribution in [-0.2, 0) is 4.79 Å². The van der Waals surface area contributed by atoms with Crippen molar-refractivity contribution >= 4 is 5.91 Å². The summed E-state index contributed by atoms with van der Waals surface area (Å²) in [5.74, 6) is 0.765. The molecule has 0 spiro atoms. The van der Waals surface area contributed by atoms with Gasteiger partial charge >= 0.3 is 0 Å². The molecule has 1 amide bonds. The third-order valence-electron chi connectivity index (χ3n) is 4.11. The summed E-state index contributed by atoms with van der Waals surface area (Å²) in [4.78, 5) is 13.8. The molecule has 4 nitrogen and oxygen atoms in total. The van der Waals surface area contributed by atoms with E-state index >= 15 is 0 Å². The molecule has 0 radical (unpaired) electrons. The van der Waals surface area contributed by atoms with Crippen molar-refractivity contribution in [3.63, 3.8) is 0 Å². The predicted octanol–water partition coefficient (Wildman–Crippen LogP) is 0.692. The summed E-state index contributed by atoms with van der Waals surface area (Å²) < 4.78 is 0. The molecule has 1 saturated heterocycles. The van der Waals surface area contributed by atoms with Gasteiger partial charge in [-0.1, -0.05) is 30.3 Å². The summed E-state index contributed by atoms with van der Waals surface area (Å²) in [6, 6.07) is 11.1. The Morgan fingerprint density at radius 3 is 2.84 bits per heavy atom. The fraction of sp³-hybridized carbons (Fsp3) is 0.533. The first-order valence-corrected chi connectivity index (χ1v) is 7.05. The highest BCUT2D eigenvalue weighted by atomic mass is 16.2. The second-order valence-electron chi connectivity index (χ2n) is 5.63. The summed E-state index contributed by atoms with van der Waals surface area (Å²) >= 11 is 0. The Morgan fingerprint density at radius 1 is 1.37 bits per heavy atom. The Morgan fingerprint density at radius 2 is 2.16 bits per heavy atom. The zero-order valence-electron chi connectivity index (χ0n) is 11.1. The molecular formula is C15H21N3O. The van der Waals surface area contributed by atoms with Crippen molar-refractivity contribution in [2.24, 2.45) is 5.73 Å². The Hall–Kier alpha value is -1.39. The molecule has 102 valence electrons. The van der Waals surface area contributed by atoms with E-state index < -0.39 is 0 Å². The van der Waals surface area contributed by atoms with Crippen molar-refractivity contribution < 1.29 is 4.79 Å². The molecule has 1 unspecified atom stereocenters. The second kappa shape index (κ2) is 5.31. The van der Waals surface area contributed by atoms with Crippen molar-refractivity contribution in [3.05, 3.63) is 35.9 Å². The van der Waals surface area contributed by atoms with Crippen molar-refractivity contribution in [1.29, 1.82) is 0 Å². The van der Waals surface area contributed by atoms with Crippen LogP contribution in [0, 0.1) is 0 Å². The number of hydrogen-bond acceptors (Lipinski definition) is 3. The molecule has 0 aromatic heterocycles. The van der Waals surface area contributed by atoms with Crippen molar-refractivity contribution in [3.8, 4) is 0 Å². The quantitative estimate of drug-likeness (QED) is 0.836. The van der Waals surface area contributed by atoms with Crippen LogP contribution < -0.4 is 11.1 Å². The monoisotopic (exact) mass is 259 g/mol. The molecule has 3 rings (SSSR count). The standard InChI is InChI=1S/C15H21N3O/c16-12-6-7-18(10-12)15(19)9-17-14-8-13(14)11-4-2-1-3-5-11/h1-5,12-14,17H,6-10,16H2/t12-,13?,14-/m0/s1. The van der Waals surface area contributed by atoms with Gasteiger partial charge in [0, 0.05) is 31.1 Å². The van der Waals surface area contributed by atoms with Crippen LogP contribution in [0.15, 0.2) is 30.3 Å². The minimum absolute atomic E-state index is 0.168. The van der Waals surface area contributed by atoms with Gasteiger partial charge in [0.05, 0.1) is 6.54 Å². The topological polar surface area (TPSA) is 58.4 Å². The normalized spacial score (nSPS) is 29.5. The van der Waals surface area contributed by atoms with Crippen molar-refractivity contribution in [2.45, 2.75) is 30.8 Å². The number of rotatable bonds is 4. The second-order valence-corrected chi connectivity index (χ2v) is 5.63. The molecule has 1 aromatic rings. The lowest BCUT2D eigenvalue weighted by Crippen LogP contribution is -2.39.